The van der Waals surface area contributed by atoms with Crippen molar-refractivity contribution in [2.24, 2.45) is 7.05 Å². The van der Waals surface area contributed by atoms with Gasteiger partial charge in [0.1, 0.15) is 5.51 Å². The molecule has 112 valence electrons. The minimum atomic E-state index is -0.187. The highest BCUT2D eigenvalue weighted by Crippen LogP contribution is 2.34. The Morgan fingerprint density at radius 3 is 3.18 bits per heavy atom. The number of aryl methyl sites for hydroxylation is 3. The first-order valence-corrected chi connectivity index (χ1v) is 7.91. The van der Waals surface area contributed by atoms with Gasteiger partial charge in [0, 0.05) is 30.7 Å². The first kappa shape index (κ1) is 13.2. The van der Waals surface area contributed by atoms with Crippen LogP contribution in [0.2, 0.25) is 0 Å². The molecule has 7 nitrogen and oxygen atoms in total. The number of carbonyl (C=O) groups excluding carboxylic acids is 1. The second-order valence-electron chi connectivity index (χ2n) is 5.28. The zero-order chi connectivity index (χ0) is 15.1. The second-order valence-corrected chi connectivity index (χ2v) is 6.12. The van der Waals surface area contributed by atoms with Gasteiger partial charge in [-0.25, -0.2) is 0 Å². The summed E-state index contributed by atoms with van der Waals surface area (Å²) in [5.41, 5.74) is 6.26. The van der Waals surface area contributed by atoms with Crippen molar-refractivity contribution < 1.29 is 4.79 Å². The molecular weight excluding hydrogens is 300 g/mol. The molecule has 0 saturated heterocycles. The highest BCUT2D eigenvalue weighted by molar-refractivity contribution is 7.13. The van der Waals surface area contributed by atoms with Crippen molar-refractivity contribution >= 4 is 22.4 Å². The molecule has 0 aromatic carbocycles. The van der Waals surface area contributed by atoms with E-state index in [0.717, 1.165) is 36.2 Å². The lowest BCUT2D eigenvalue weighted by Crippen LogP contribution is -2.12. The molecule has 0 atom stereocenters. The van der Waals surface area contributed by atoms with E-state index in [2.05, 4.69) is 25.6 Å². The number of amides is 1. The summed E-state index contributed by atoms with van der Waals surface area (Å²) in [4.78, 5) is 15.8. The highest BCUT2D eigenvalue weighted by atomic mass is 32.1. The smallest absolute Gasteiger partial charge is 0.259 e. The van der Waals surface area contributed by atoms with Crippen LogP contribution >= 0.6 is 11.3 Å². The van der Waals surface area contributed by atoms with Crippen molar-refractivity contribution in [1.82, 2.24) is 25.0 Å². The zero-order valence-electron chi connectivity index (χ0n) is 12.0. The largest absolute Gasteiger partial charge is 0.364 e. The number of nitrogens with zero attached hydrogens (tertiary/aromatic N) is 4. The molecule has 1 amide bonds. The minimum absolute atomic E-state index is 0.187. The summed E-state index contributed by atoms with van der Waals surface area (Å²) in [6, 6.07) is 0. The summed E-state index contributed by atoms with van der Waals surface area (Å²) in [6.45, 7) is 0. The van der Waals surface area contributed by atoms with Gasteiger partial charge in [0.2, 0.25) is 5.13 Å². The molecule has 0 spiro atoms. The minimum Gasteiger partial charge on any atom is -0.364 e. The normalized spacial score (nSPS) is 13.3. The fourth-order valence-electron chi connectivity index (χ4n) is 2.89. The van der Waals surface area contributed by atoms with Crippen LogP contribution < -0.4 is 5.32 Å². The summed E-state index contributed by atoms with van der Waals surface area (Å²) in [6.07, 6.45) is 6.73. The molecule has 0 fully saturated rings. The van der Waals surface area contributed by atoms with Gasteiger partial charge in [0.15, 0.2) is 0 Å². The van der Waals surface area contributed by atoms with Gasteiger partial charge in [-0.2, -0.15) is 5.10 Å². The molecule has 1 aliphatic rings. The maximum absolute atomic E-state index is 12.5. The van der Waals surface area contributed by atoms with Crippen molar-refractivity contribution in [2.75, 3.05) is 5.32 Å². The van der Waals surface area contributed by atoms with Gasteiger partial charge >= 0.3 is 0 Å². The fraction of sp³-hybridized carbons (Fsp3) is 0.286. The fourth-order valence-corrected chi connectivity index (χ4v) is 3.33. The molecule has 4 rings (SSSR count). The van der Waals surface area contributed by atoms with Gasteiger partial charge in [-0.15, -0.1) is 10.2 Å². The average molecular weight is 314 g/mol. The van der Waals surface area contributed by atoms with E-state index >= 15 is 0 Å². The van der Waals surface area contributed by atoms with E-state index in [-0.39, 0.29) is 5.91 Å². The summed E-state index contributed by atoms with van der Waals surface area (Å²) >= 11 is 1.30. The van der Waals surface area contributed by atoms with Gasteiger partial charge < -0.3 is 4.98 Å². The molecule has 0 radical (unpaired) electrons. The first-order valence-electron chi connectivity index (χ1n) is 7.03. The molecule has 22 heavy (non-hydrogen) atoms. The first-order chi connectivity index (χ1) is 10.7. The Morgan fingerprint density at radius 2 is 2.36 bits per heavy atom. The Balaban J connectivity index is 1.78. The molecule has 3 aromatic heterocycles. The van der Waals surface area contributed by atoms with Crippen molar-refractivity contribution in [3.8, 4) is 11.3 Å². The lowest BCUT2D eigenvalue weighted by atomic mass is 10.0. The summed E-state index contributed by atoms with van der Waals surface area (Å²) < 4.78 is 1.80. The third kappa shape index (κ3) is 2.12. The number of aromatic nitrogens is 5. The van der Waals surface area contributed by atoms with Crippen LogP contribution in [-0.4, -0.2) is 30.9 Å². The predicted molar refractivity (Wildman–Crippen MR) is 82.9 cm³/mol. The number of hydrogen-bond donors (Lipinski definition) is 2. The van der Waals surface area contributed by atoms with Crippen LogP contribution in [0.5, 0.6) is 0 Å². The highest BCUT2D eigenvalue weighted by Gasteiger charge is 2.25. The van der Waals surface area contributed by atoms with Crippen LogP contribution in [0.25, 0.3) is 11.3 Å². The van der Waals surface area contributed by atoms with Crippen molar-refractivity contribution in [2.45, 2.75) is 19.3 Å². The van der Waals surface area contributed by atoms with Gasteiger partial charge in [0.25, 0.3) is 5.91 Å². The van der Waals surface area contributed by atoms with Crippen LogP contribution in [0, 0.1) is 0 Å². The maximum Gasteiger partial charge on any atom is 0.259 e. The number of H-pyrrole nitrogens is 1. The van der Waals surface area contributed by atoms with Crippen molar-refractivity contribution in [3.63, 3.8) is 0 Å². The van der Waals surface area contributed by atoms with Gasteiger partial charge in [-0.05, 0) is 24.8 Å². The van der Waals surface area contributed by atoms with E-state index in [4.69, 9.17) is 0 Å². The van der Waals surface area contributed by atoms with Crippen molar-refractivity contribution in [1.29, 1.82) is 0 Å². The van der Waals surface area contributed by atoms with E-state index in [0.29, 0.717) is 10.7 Å². The molecule has 1 aliphatic carbocycles. The molecule has 8 heteroatoms. The van der Waals surface area contributed by atoms with E-state index in [1.54, 1.807) is 16.4 Å². The maximum atomic E-state index is 12.5. The molecule has 3 aromatic rings. The van der Waals surface area contributed by atoms with E-state index < -0.39 is 0 Å². The predicted octanol–water partition coefficient (Wildman–Crippen LogP) is 2.01. The monoisotopic (exact) mass is 314 g/mol. The second kappa shape index (κ2) is 5.06. The average Bonchev–Trinajstić information content (AvgIpc) is 3.18. The van der Waals surface area contributed by atoms with E-state index in [1.165, 1.54) is 16.9 Å². The van der Waals surface area contributed by atoms with E-state index in [1.807, 2.05) is 13.2 Å². The van der Waals surface area contributed by atoms with Crippen LogP contribution in [0.3, 0.4) is 0 Å². The molecule has 3 heterocycles. The Morgan fingerprint density at radius 1 is 1.45 bits per heavy atom. The summed E-state index contributed by atoms with van der Waals surface area (Å²) in [5, 5.41) is 15.4. The van der Waals surface area contributed by atoms with Crippen LogP contribution in [-0.2, 0) is 19.9 Å². The summed E-state index contributed by atoms with van der Waals surface area (Å²) in [5.74, 6) is -0.187. The molecule has 0 saturated carbocycles. The van der Waals surface area contributed by atoms with Gasteiger partial charge in [-0.1, -0.05) is 11.3 Å². The molecular formula is C14H14N6OS. The molecule has 0 unspecified atom stereocenters. The van der Waals surface area contributed by atoms with E-state index in [9.17, 15) is 4.79 Å². The van der Waals surface area contributed by atoms with Crippen LogP contribution in [0.1, 0.15) is 28.0 Å². The molecule has 0 aliphatic heterocycles. The van der Waals surface area contributed by atoms with Crippen LogP contribution in [0.4, 0.5) is 5.13 Å². The number of rotatable bonds is 2. The quantitative estimate of drug-likeness (QED) is 0.757. The SMILES string of the molecule is Cn1cc2c(n1)-c1c(C(=O)Nc3nncs3)c[nH]c1CCC2. The molecule has 0 bridgehead atoms. The molecule has 2 N–H and O–H groups in total. The zero-order valence-corrected chi connectivity index (χ0v) is 12.8. The Bertz CT molecular complexity index is 832. The number of aromatic amines is 1. The third-order valence-corrected chi connectivity index (χ3v) is 4.41. The number of nitrogens with one attached hydrogen (secondary N) is 2. The summed E-state index contributed by atoms with van der Waals surface area (Å²) in [7, 11) is 1.90. The standard InChI is InChI=1S/C14H14N6OS/c1-20-6-8-3-2-4-10-11(12(8)19-20)9(5-15-10)13(21)17-14-18-16-7-22-14/h5-7,15H,2-4H2,1H3,(H,17,18,21). The Hall–Kier alpha value is -2.48. The topological polar surface area (TPSA) is 88.5 Å². The van der Waals surface area contributed by atoms with Crippen molar-refractivity contribution in [3.05, 3.63) is 34.7 Å². The van der Waals surface area contributed by atoms with Gasteiger partial charge in [-0.3, -0.25) is 14.8 Å². The third-order valence-electron chi connectivity index (χ3n) is 3.80. The number of anilines is 1. The number of fused-ring (bicyclic) bond motifs is 3. The lowest BCUT2D eigenvalue weighted by molar-refractivity contribution is 0.102. The van der Waals surface area contributed by atoms with Gasteiger partial charge in [0.05, 0.1) is 11.3 Å². The Kier molecular flexibility index (Phi) is 3.04. The Labute approximate surface area is 130 Å². The lowest BCUT2D eigenvalue weighted by Gasteiger charge is -2.04. The van der Waals surface area contributed by atoms with Crippen LogP contribution in [0.15, 0.2) is 17.9 Å². The number of hydrogen-bond acceptors (Lipinski definition) is 5. The number of carbonyl (C=O) groups is 1.